The number of amides is 2. The average molecular weight is 584 g/mol. The number of carbonyl (C=O) groups excluding carboxylic acids is 3. The Morgan fingerprint density at radius 2 is 1.88 bits per heavy atom. The third-order valence-electron chi connectivity index (χ3n) is 7.37. The fourth-order valence-electron chi connectivity index (χ4n) is 5.31. The number of ether oxygens (including phenoxy) is 1. The Bertz CT molecular complexity index is 1620. The summed E-state index contributed by atoms with van der Waals surface area (Å²) in [6.45, 7) is 4.61. The van der Waals surface area contributed by atoms with Gasteiger partial charge in [-0.15, -0.1) is 11.5 Å². The molecule has 1 heterocycles. The first-order valence-electron chi connectivity index (χ1n) is 14.5. The van der Waals surface area contributed by atoms with E-state index in [1.165, 1.54) is 6.54 Å². The van der Waals surface area contributed by atoms with Crippen LogP contribution in [0.1, 0.15) is 65.6 Å². The molecule has 0 aliphatic heterocycles. The molecule has 43 heavy (non-hydrogen) atoms. The van der Waals surface area contributed by atoms with E-state index in [2.05, 4.69) is 27.0 Å². The predicted molar refractivity (Wildman–Crippen MR) is 161 cm³/mol. The van der Waals surface area contributed by atoms with Gasteiger partial charge in [-0.05, 0) is 77.0 Å². The second kappa shape index (κ2) is 13.9. The van der Waals surface area contributed by atoms with Crippen molar-refractivity contribution >= 4 is 29.0 Å². The van der Waals surface area contributed by atoms with Crippen LogP contribution in [0.5, 0.6) is 0 Å². The van der Waals surface area contributed by atoms with Crippen molar-refractivity contribution in [1.29, 1.82) is 0 Å². The Morgan fingerprint density at radius 1 is 1.02 bits per heavy atom. The molecule has 1 aromatic heterocycles. The van der Waals surface area contributed by atoms with Gasteiger partial charge in [-0.3, -0.25) is 21.0 Å². The van der Waals surface area contributed by atoms with Crippen molar-refractivity contribution in [2.75, 3.05) is 19.7 Å². The van der Waals surface area contributed by atoms with Gasteiger partial charge < -0.3 is 21.1 Å². The normalized spacial score (nSPS) is 13.3. The Kier molecular flexibility index (Phi) is 9.63. The second-order valence-electron chi connectivity index (χ2n) is 10.3. The molecule has 11 nitrogen and oxygen atoms in total. The number of rotatable bonds is 13. The lowest BCUT2D eigenvalue weighted by molar-refractivity contribution is -0.121. The number of benzene rings is 3. The van der Waals surface area contributed by atoms with E-state index in [1.807, 2.05) is 37.3 Å². The first-order chi connectivity index (χ1) is 21.0. The van der Waals surface area contributed by atoms with Crippen LogP contribution >= 0.6 is 0 Å². The van der Waals surface area contributed by atoms with E-state index in [1.54, 1.807) is 24.3 Å². The summed E-state index contributed by atoms with van der Waals surface area (Å²) in [5.74, 6) is -0.489. The third kappa shape index (κ3) is 6.83. The number of aromatic nitrogens is 3. The van der Waals surface area contributed by atoms with Gasteiger partial charge in [0.05, 0.1) is 0 Å². The summed E-state index contributed by atoms with van der Waals surface area (Å²) >= 11 is 0. The molecular weight excluding hydrogens is 548 g/mol. The lowest BCUT2D eigenvalue weighted by Crippen LogP contribution is -2.25. The number of hydrogen-bond acceptors (Lipinski definition) is 8. The van der Waals surface area contributed by atoms with E-state index >= 15 is 0 Å². The maximum atomic E-state index is 13.2. The molecule has 0 fully saturated rings. The maximum absolute atomic E-state index is 13.2. The zero-order valence-electron chi connectivity index (χ0n) is 24.0. The first kappa shape index (κ1) is 29.7. The van der Waals surface area contributed by atoms with Crippen molar-refractivity contribution in [3.05, 3.63) is 89.5 Å². The van der Waals surface area contributed by atoms with Crippen molar-refractivity contribution in [2.24, 2.45) is 5.73 Å². The van der Waals surface area contributed by atoms with Gasteiger partial charge >= 0.3 is 6.16 Å². The van der Waals surface area contributed by atoms with E-state index in [0.29, 0.717) is 55.4 Å². The topological polar surface area (TPSA) is 150 Å². The van der Waals surface area contributed by atoms with Crippen LogP contribution in [0.25, 0.3) is 22.2 Å². The summed E-state index contributed by atoms with van der Waals surface area (Å²) in [5.41, 5.74) is 11.7. The highest BCUT2D eigenvalue weighted by atomic mass is 16.8. The van der Waals surface area contributed by atoms with Gasteiger partial charge in [-0.2, -0.15) is 0 Å². The largest absolute Gasteiger partial charge is 0.535 e. The molecule has 0 spiro atoms. The zero-order chi connectivity index (χ0) is 30.2. The van der Waals surface area contributed by atoms with Crippen LogP contribution in [-0.2, 0) is 16.0 Å². The number of nitrogens with one attached hydrogen (secondary N) is 2. The van der Waals surface area contributed by atoms with Crippen molar-refractivity contribution in [2.45, 2.75) is 44.9 Å². The molecule has 1 unspecified atom stereocenters. The molecule has 2 amide bonds. The Balaban J connectivity index is 1.37. The van der Waals surface area contributed by atoms with Crippen LogP contribution in [-0.4, -0.2) is 52.8 Å². The molecule has 224 valence electrons. The summed E-state index contributed by atoms with van der Waals surface area (Å²) in [4.78, 5) is 44.4. The molecule has 1 aliphatic carbocycles. The monoisotopic (exact) mass is 583 g/mol. The Hall–Kier alpha value is -4.77. The molecule has 1 atom stereocenters. The molecule has 11 heteroatoms. The number of carbonyl (C=O) groups is 3. The number of para-hydroxylation sites is 1. The van der Waals surface area contributed by atoms with E-state index < -0.39 is 6.16 Å². The summed E-state index contributed by atoms with van der Waals surface area (Å²) in [6.07, 6.45) is 2.38. The Morgan fingerprint density at radius 3 is 2.72 bits per heavy atom. The molecule has 1 aliphatic rings. The number of hydrogen-bond donors (Lipinski definition) is 3. The summed E-state index contributed by atoms with van der Waals surface area (Å²) in [6, 6.07) is 18.8. The van der Waals surface area contributed by atoms with Crippen LogP contribution in [0.2, 0.25) is 0 Å². The maximum Gasteiger partial charge on any atom is 0.535 e. The Labute approximate surface area is 249 Å². The summed E-state index contributed by atoms with van der Waals surface area (Å²) < 4.78 is 5.61. The van der Waals surface area contributed by atoms with Gasteiger partial charge in [0.2, 0.25) is 5.91 Å². The molecule has 0 bridgehead atoms. The lowest BCUT2D eigenvalue weighted by Gasteiger charge is -2.15. The standard InChI is InChI=1S/C32H35N6O5/c1-2-17-34-29(39)13-5-8-21-14-15-23-25(19-21)26(22-9-6-10-24(30(22)23)31(40)35-18-7-16-33)20-42-32(41)43-38-28-12-4-3-11-27(28)36-37-38/h3-4,6,9-12,14-16,19,26H,2,5,7-8,13,17-18,20,33H2,1H3,(H,34,39)(H,35,40)/q-1. The van der Waals surface area contributed by atoms with Crippen molar-refractivity contribution in [3.63, 3.8) is 0 Å². The highest BCUT2D eigenvalue weighted by molar-refractivity contribution is 6.03. The van der Waals surface area contributed by atoms with Gasteiger partial charge in [0.25, 0.3) is 5.91 Å². The van der Waals surface area contributed by atoms with Crippen LogP contribution in [0.15, 0.2) is 60.7 Å². The minimum absolute atomic E-state index is 0.0124. The number of aryl methyl sites for hydroxylation is 1. The van der Waals surface area contributed by atoms with Gasteiger partial charge in [0.1, 0.15) is 17.6 Å². The first-order valence-corrected chi connectivity index (χ1v) is 14.5. The molecule has 0 radical (unpaired) electrons. The van der Waals surface area contributed by atoms with E-state index in [9.17, 15) is 14.4 Å². The number of fused-ring (bicyclic) bond motifs is 4. The van der Waals surface area contributed by atoms with Gasteiger partial charge in [0.15, 0.2) is 0 Å². The molecule has 4 aromatic rings. The summed E-state index contributed by atoms with van der Waals surface area (Å²) in [7, 11) is 0. The van der Waals surface area contributed by atoms with Crippen molar-refractivity contribution in [1.82, 2.24) is 25.8 Å². The quantitative estimate of drug-likeness (QED) is 0.0928. The molecule has 0 saturated heterocycles. The van der Waals surface area contributed by atoms with Gasteiger partial charge in [-0.25, -0.2) is 4.79 Å². The fraction of sp³-hybridized carbons (Fsp3) is 0.312. The van der Waals surface area contributed by atoms with Crippen LogP contribution < -0.4 is 21.2 Å². The zero-order valence-corrected chi connectivity index (χ0v) is 24.0. The molecular formula is C32H35N6O5-. The van der Waals surface area contributed by atoms with Gasteiger partial charge in [0, 0.05) is 24.4 Å². The smallest absolute Gasteiger partial charge is 0.483 e. The summed E-state index contributed by atoms with van der Waals surface area (Å²) in [5, 5.41) is 13.7. The van der Waals surface area contributed by atoms with E-state index in [-0.39, 0.29) is 24.3 Å². The van der Waals surface area contributed by atoms with Gasteiger partial charge in [-0.1, -0.05) is 54.2 Å². The van der Waals surface area contributed by atoms with Crippen molar-refractivity contribution in [3.8, 4) is 11.1 Å². The predicted octanol–water partition coefficient (Wildman–Crippen LogP) is 3.90. The highest BCUT2D eigenvalue weighted by Gasteiger charge is 2.33. The van der Waals surface area contributed by atoms with E-state index in [4.69, 9.17) is 15.3 Å². The number of nitrogens with zero attached hydrogens (tertiary/aromatic N) is 3. The van der Waals surface area contributed by atoms with Crippen LogP contribution in [0, 0.1) is 6.54 Å². The SMILES string of the molecule is CCCNC(=O)CCCc1ccc2c(c1)C(COC(=O)On1nnc3ccccc31)c1cccc(C(=O)NCC[CH-]N)c1-2. The average Bonchev–Trinajstić information content (AvgIpc) is 3.57. The molecule has 0 saturated carbocycles. The minimum Gasteiger partial charge on any atom is -0.483 e. The third-order valence-corrected chi connectivity index (χ3v) is 7.37. The van der Waals surface area contributed by atoms with Crippen LogP contribution in [0.4, 0.5) is 4.79 Å². The van der Waals surface area contributed by atoms with Crippen molar-refractivity contribution < 1.29 is 24.0 Å². The molecule has 3 aromatic carbocycles. The fourth-order valence-corrected chi connectivity index (χ4v) is 5.31. The number of nitrogens with two attached hydrogens (primary N) is 1. The van der Waals surface area contributed by atoms with E-state index in [0.717, 1.165) is 39.1 Å². The highest BCUT2D eigenvalue weighted by Crippen LogP contribution is 2.47. The minimum atomic E-state index is -0.924. The van der Waals surface area contributed by atoms with Crippen LogP contribution in [0.3, 0.4) is 0 Å². The second-order valence-corrected chi connectivity index (χ2v) is 10.3. The lowest BCUT2D eigenvalue weighted by atomic mass is 9.95. The molecule has 5 rings (SSSR count). The molecule has 4 N–H and O–H groups in total.